The Labute approximate surface area is 94.4 Å². The van der Waals surface area contributed by atoms with E-state index in [0.717, 1.165) is 0 Å². The lowest BCUT2D eigenvalue weighted by molar-refractivity contribution is 0.574. The number of aryl methyl sites for hydroxylation is 1. The number of hydrogen-bond acceptors (Lipinski definition) is 4. The lowest BCUT2D eigenvalue weighted by atomic mass is 10.6. The molecule has 0 aliphatic heterocycles. The van der Waals surface area contributed by atoms with Gasteiger partial charge in [-0.25, -0.2) is 18.1 Å². The molecule has 0 aliphatic rings. The van der Waals surface area contributed by atoms with Crippen molar-refractivity contribution in [1.82, 2.24) is 14.8 Å². The molecular weight excluding hydrogens is 238 g/mol. The third-order valence-electron chi connectivity index (χ3n) is 1.94. The van der Waals surface area contributed by atoms with E-state index in [1.165, 1.54) is 11.0 Å². The van der Waals surface area contributed by atoms with Crippen LogP contribution in [0.15, 0.2) is 6.33 Å². The van der Waals surface area contributed by atoms with Gasteiger partial charge in [0.05, 0.1) is 18.2 Å². The zero-order chi connectivity index (χ0) is 11.3. The summed E-state index contributed by atoms with van der Waals surface area (Å²) in [6, 6.07) is 0. The van der Waals surface area contributed by atoms with Crippen LogP contribution >= 0.6 is 11.6 Å². The average Bonchev–Trinajstić information content (AvgIpc) is 2.62. The number of hydrogen-bond donors (Lipinski definition) is 0. The molecule has 0 radical (unpaired) electrons. The van der Waals surface area contributed by atoms with Crippen molar-refractivity contribution in [3.8, 4) is 0 Å². The van der Waals surface area contributed by atoms with Crippen LogP contribution in [0.25, 0.3) is 0 Å². The second kappa shape index (κ2) is 5.46. The molecule has 0 fully saturated rings. The highest BCUT2D eigenvalue weighted by Gasteiger charge is 2.11. The van der Waals surface area contributed by atoms with Gasteiger partial charge in [-0.2, -0.15) is 5.10 Å². The lowest BCUT2D eigenvalue weighted by Gasteiger charge is -2.04. The molecule has 0 saturated carbocycles. The van der Waals surface area contributed by atoms with Crippen LogP contribution in [0, 0.1) is 0 Å². The summed E-state index contributed by atoms with van der Waals surface area (Å²) in [5, 5.41) is 3.91. The zero-order valence-corrected chi connectivity index (χ0v) is 10.1. The quantitative estimate of drug-likeness (QED) is 0.703. The van der Waals surface area contributed by atoms with E-state index in [9.17, 15) is 8.42 Å². The maximum Gasteiger partial charge on any atom is 0.152 e. The Hall–Kier alpha value is -0.620. The number of alkyl halides is 1. The van der Waals surface area contributed by atoms with Gasteiger partial charge in [0, 0.05) is 5.75 Å². The Bertz CT molecular complexity index is 402. The van der Waals surface area contributed by atoms with Gasteiger partial charge >= 0.3 is 0 Å². The van der Waals surface area contributed by atoms with Gasteiger partial charge < -0.3 is 0 Å². The van der Waals surface area contributed by atoms with E-state index in [2.05, 4.69) is 10.1 Å². The first-order chi connectivity index (χ1) is 7.09. The van der Waals surface area contributed by atoms with Crippen LogP contribution in [0.1, 0.15) is 19.2 Å². The highest BCUT2D eigenvalue weighted by Crippen LogP contribution is 2.01. The average molecular weight is 252 g/mol. The molecule has 0 saturated heterocycles. The zero-order valence-electron chi connectivity index (χ0n) is 8.56. The van der Waals surface area contributed by atoms with Crippen molar-refractivity contribution >= 4 is 21.4 Å². The van der Waals surface area contributed by atoms with Crippen LogP contribution in [0.3, 0.4) is 0 Å². The van der Waals surface area contributed by atoms with Gasteiger partial charge in [-0.05, 0) is 6.42 Å². The molecular formula is C8H14ClN3O2S. The molecule has 0 bridgehead atoms. The second-order valence-electron chi connectivity index (χ2n) is 3.18. The van der Waals surface area contributed by atoms with Crippen molar-refractivity contribution in [1.29, 1.82) is 0 Å². The first kappa shape index (κ1) is 12.4. The Morgan fingerprint density at radius 2 is 2.20 bits per heavy atom. The fraction of sp³-hybridized carbons (Fsp3) is 0.750. The Balaban J connectivity index is 2.57. The highest BCUT2D eigenvalue weighted by molar-refractivity contribution is 7.91. The number of rotatable bonds is 6. The normalized spacial score (nSPS) is 11.9. The first-order valence-electron chi connectivity index (χ1n) is 4.72. The predicted molar refractivity (Wildman–Crippen MR) is 58.5 cm³/mol. The third kappa shape index (κ3) is 3.79. The number of halogens is 1. The van der Waals surface area contributed by atoms with Crippen LogP contribution in [0.5, 0.6) is 0 Å². The van der Waals surface area contributed by atoms with Crippen LogP contribution in [0.2, 0.25) is 0 Å². The summed E-state index contributed by atoms with van der Waals surface area (Å²) in [6.07, 6.45) is 2.02. The summed E-state index contributed by atoms with van der Waals surface area (Å²) in [6.45, 7) is 2.17. The van der Waals surface area contributed by atoms with Crippen molar-refractivity contribution < 1.29 is 8.42 Å². The van der Waals surface area contributed by atoms with Crippen LogP contribution in [-0.2, 0) is 22.3 Å². The summed E-state index contributed by atoms with van der Waals surface area (Å²) in [5.41, 5.74) is 0. The fourth-order valence-electron chi connectivity index (χ4n) is 1.22. The molecule has 15 heavy (non-hydrogen) atoms. The summed E-state index contributed by atoms with van der Waals surface area (Å²) >= 11 is 5.61. The van der Waals surface area contributed by atoms with E-state index in [0.29, 0.717) is 18.8 Å². The molecule has 1 rings (SSSR count). The molecule has 0 N–H and O–H groups in total. The van der Waals surface area contributed by atoms with Crippen LogP contribution in [0.4, 0.5) is 0 Å². The minimum absolute atomic E-state index is 0.0914. The van der Waals surface area contributed by atoms with Gasteiger partial charge in [-0.1, -0.05) is 6.92 Å². The van der Waals surface area contributed by atoms with E-state index in [1.54, 1.807) is 0 Å². The molecule has 1 aromatic rings. The Morgan fingerprint density at radius 1 is 1.47 bits per heavy atom. The summed E-state index contributed by atoms with van der Waals surface area (Å²) in [7, 11) is -2.96. The Kier molecular flexibility index (Phi) is 4.53. The maximum atomic E-state index is 11.4. The van der Waals surface area contributed by atoms with Crippen molar-refractivity contribution in [2.24, 2.45) is 0 Å². The summed E-state index contributed by atoms with van der Waals surface area (Å²) in [4.78, 5) is 3.91. The SMILES string of the molecule is CCCS(=O)(=O)CCn1ncnc1CCl. The lowest BCUT2D eigenvalue weighted by Crippen LogP contribution is -2.17. The maximum absolute atomic E-state index is 11.4. The van der Waals surface area contributed by atoms with Gasteiger partial charge in [0.25, 0.3) is 0 Å². The molecule has 5 nitrogen and oxygen atoms in total. The van der Waals surface area contributed by atoms with E-state index >= 15 is 0 Å². The van der Waals surface area contributed by atoms with Gasteiger partial charge in [0.2, 0.25) is 0 Å². The number of nitrogens with zero attached hydrogens (tertiary/aromatic N) is 3. The molecule has 0 atom stereocenters. The highest BCUT2D eigenvalue weighted by atomic mass is 35.5. The van der Waals surface area contributed by atoms with Crippen molar-refractivity contribution in [3.63, 3.8) is 0 Å². The van der Waals surface area contributed by atoms with Gasteiger partial charge in [-0.3, -0.25) is 0 Å². The monoisotopic (exact) mass is 251 g/mol. The van der Waals surface area contributed by atoms with Crippen LogP contribution < -0.4 is 0 Å². The molecule has 1 heterocycles. The minimum Gasteiger partial charge on any atom is -0.248 e. The fourth-order valence-corrected chi connectivity index (χ4v) is 2.70. The van der Waals surface area contributed by atoms with Gasteiger partial charge in [0.15, 0.2) is 9.84 Å². The third-order valence-corrected chi connectivity index (χ3v) is 4.02. The van der Waals surface area contributed by atoms with Crippen LogP contribution in [-0.4, -0.2) is 34.7 Å². The predicted octanol–water partition coefficient (Wildman–Crippen LogP) is 0.842. The molecule has 0 aliphatic carbocycles. The van der Waals surface area contributed by atoms with Crippen molar-refractivity contribution in [3.05, 3.63) is 12.2 Å². The van der Waals surface area contributed by atoms with Gasteiger partial charge in [0.1, 0.15) is 12.2 Å². The topological polar surface area (TPSA) is 64.8 Å². The molecule has 0 spiro atoms. The largest absolute Gasteiger partial charge is 0.248 e. The number of sulfone groups is 1. The second-order valence-corrected chi connectivity index (χ2v) is 5.76. The summed E-state index contributed by atoms with van der Waals surface area (Å²) < 4.78 is 24.4. The molecule has 0 amide bonds. The minimum atomic E-state index is -2.96. The van der Waals surface area contributed by atoms with E-state index in [4.69, 9.17) is 11.6 Å². The molecule has 7 heteroatoms. The number of aromatic nitrogens is 3. The molecule has 86 valence electrons. The van der Waals surface area contributed by atoms with E-state index < -0.39 is 9.84 Å². The van der Waals surface area contributed by atoms with Gasteiger partial charge in [-0.15, -0.1) is 11.6 Å². The summed E-state index contributed by atoms with van der Waals surface area (Å²) in [5.74, 6) is 1.16. The van der Waals surface area contributed by atoms with E-state index in [-0.39, 0.29) is 17.4 Å². The standard InChI is InChI=1S/C8H14ClN3O2S/c1-2-4-15(13,14)5-3-12-8(6-9)10-7-11-12/h7H,2-6H2,1H3. The molecule has 1 aromatic heterocycles. The molecule has 0 aromatic carbocycles. The first-order valence-corrected chi connectivity index (χ1v) is 7.07. The van der Waals surface area contributed by atoms with Crippen molar-refractivity contribution in [2.75, 3.05) is 11.5 Å². The molecule has 0 unspecified atom stereocenters. The van der Waals surface area contributed by atoms with E-state index in [1.807, 2.05) is 6.92 Å². The smallest absolute Gasteiger partial charge is 0.152 e. The van der Waals surface area contributed by atoms with Crippen molar-refractivity contribution in [2.45, 2.75) is 25.8 Å². The Morgan fingerprint density at radius 3 is 2.80 bits per heavy atom.